The number of hydrogen-bond acceptors (Lipinski definition) is 4. The van der Waals surface area contributed by atoms with Gasteiger partial charge in [0.2, 0.25) is 0 Å². The summed E-state index contributed by atoms with van der Waals surface area (Å²) in [4.78, 5) is 40.5. The molecule has 0 bridgehead atoms. The van der Waals surface area contributed by atoms with Crippen LogP contribution in [0.25, 0.3) is 0 Å². The van der Waals surface area contributed by atoms with E-state index < -0.39 is 10.8 Å². The number of fused-ring (bicyclic) bond motifs is 7. The largest absolute Gasteiger partial charge is 1.00 e. The molecule has 5 rings (SSSR count). The summed E-state index contributed by atoms with van der Waals surface area (Å²) in [6.45, 7) is 15.8. The molecule has 5 aliphatic rings. The molecule has 0 aromatic carbocycles. The molecule has 0 saturated heterocycles. The van der Waals surface area contributed by atoms with Gasteiger partial charge in [0.1, 0.15) is 11.6 Å². The second-order valence-corrected chi connectivity index (χ2v) is 14.4. The third kappa shape index (κ3) is 3.93. The van der Waals surface area contributed by atoms with Crippen molar-refractivity contribution < 1.29 is 56.8 Å². The third-order valence-electron chi connectivity index (χ3n) is 12.0. The molecule has 4 nitrogen and oxygen atoms in total. The summed E-state index contributed by atoms with van der Waals surface area (Å²) in [5.74, 6) is 2.60. The van der Waals surface area contributed by atoms with Crippen LogP contribution in [0.15, 0.2) is 11.6 Å². The SMILES string of the molecule is COC(=O)[C@]12CCC(C)(C)C[C-]1[C@H]1C(=O)C=C3[C@@]4(C)CCC(=O)C(C)(C)[C-]4CC[C@@]3(C)[C@]1(C)CC2.[Li+].[Li+]. The summed E-state index contributed by atoms with van der Waals surface area (Å²) in [6.07, 6.45) is 9.44. The zero-order chi connectivity index (χ0) is 25.8. The van der Waals surface area contributed by atoms with Crippen LogP contribution in [-0.2, 0) is 19.1 Å². The fourth-order valence-corrected chi connectivity index (χ4v) is 9.59. The Bertz CT molecular complexity index is 1030. The minimum atomic E-state index is -0.624. The van der Waals surface area contributed by atoms with Crippen LogP contribution in [0.3, 0.4) is 0 Å². The minimum absolute atomic E-state index is 0. The first-order valence-electron chi connectivity index (χ1n) is 13.7. The molecule has 0 radical (unpaired) electrons. The average molecular weight is 495 g/mol. The predicted molar refractivity (Wildman–Crippen MR) is 136 cm³/mol. The monoisotopic (exact) mass is 494 g/mol. The Kier molecular flexibility index (Phi) is 7.95. The number of allylic oxidation sites excluding steroid dienone is 2. The maximum Gasteiger partial charge on any atom is 1.00 e. The Morgan fingerprint density at radius 1 is 0.919 bits per heavy atom. The first-order chi connectivity index (χ1) is 16.1. The van der Waals surface area contributed by atoms with E-state index in [1.165, 1.54) is 18.6 Å². The van der Waals surface area contributed by atoms with Crippen LogP contribution in [0.5, 0.6) is 0 Å². The molecule has 0 amide bonds. The van der Waals surface area contributed by atoms with Gasteiger partial charge in [-0.3, -0.25) is 21.4 Å². The van der Waals surface area contributed by atoms with Crippen LogP contribution >= 0.6 is 0 Å². The van der Waals surface area contributed by atoms with E-state index in [1.807, 2.05) is 6.08 Å². The predicted octanol–water partition coefficient (Wildman–Crippen LogP) is 0.634. The Labute approximate surface area is 248 Å². The van der Waals surface area contributed by atoms with Gasteiger partial charge >= 0.3 is 37.7 Å². The van der Waals surface area contributed by atoms with Crippen molar-refractivity contribution in [3.8, 4) is 0 Å². The van der Waals surface area contributed by atoms with Gasteiger partial charge in [-0.2, -0.15) is 12.8 Å². The maximum absolute atomic E-state index is 14.3. The summed E-state index contributed by atoms with van der Waals surface area (Å²) < 4.78 is 5.40. The molecule has 5 aliphatic carbocycles. The Balaban J connectivity index is 0.00000190. The summed E-state index contributed by atoms with van der Waals surface area (Å²) >= 11 is 0. The van der Waals surface area contributed by atoms with Crippen LogP contribution in [0.2, 0.25) is 0 Å². The van der Waals surface area contributed by atoms with Gasteiger partial charge < -0.3 is 9.53 Å². The molecule has 6 heteroatoms. The van der Waals surface area contributed by atoms with Gasteiger partial charge in [0, 0.05) is 6.42 Å². The minimum Gasteiger partial charge on any atom is -0.470 e. The molecule has 0 aliphatic heterocycles. The number of ether oxygens (including phenoxy) is 1. The Hall–Kier alpha value is -0.255. The van der Waals surface area contributed by atoms with Gasteiger partial charge in [-0.25, -0.2) is 0 Å². The van der Waals surface area contributed by atoms with Crippen molar-refractivity contribution in [1.82, 2.24) is 0 Å². The molecule has 4 saturated carbocycles. The fourth-order valence-electron chi connectivity index (χ4n) is 9.59. The van der Waals surface area contributed by atoms with Crippen LogP contribution in [0, 0.1) is 50.2 Å². The molecule has 5 atom stereocenters. The number of rotatable bonds is 1. The standard InChI is InChI=1S/C31H44O4.2Li/c1-26(2)13-15-31(25(34)35-8)16-14-30(7)24(19(31)18-26)20(32)17-22-28(5)11-10-23(33)27(3,4)21(28)9-12-29(22,30)6;;/h17,24H,9-16,18H2,1-8H3;;/q-2;2*+1/t24-,28-,29+,30+,31-;;/m0../s1. The third-order valence-corrected chi connectivity index (χ3v) is 12.0. The molecule has 37 heavy (non-hydrogen) atoms. The van der Waals surface area contributed by atoms with Gasteiger partial charge in [0.15, 0.2) is 0 Å². The molecule has 4 fully saturated rings. The van der Waals surface area contributed by atoms with Gasteiger partial charge in [-0.1, -0.05) is 115 Å². The first kappa shape index (κ1) is 31.3. The topological polar surface area (TPSA) is 60.4 Å². The van der Waals surface area contributed by atoms with Crippen molar-refractivity contribution in [2.75, 3.05) is 7.11 Å². The maximum atomic E-state index is 14.3. The number of ketones is 2. The van der Waals surface area contributed by atoms with Crippen LogP contribution in [-0.4, -0.2) is 24.6 Å². The molecule has 0 N–H and O–H groups in total. The van der Waals surface area contributed by atoms with Crippen LogP contribution < -0.4 is 37.7 Å². The second kappa shape index (κ2) is 9.40. The summed E-state index contributed by atoms with van der Waals surface area (Å²) in [7, 11) is 1.50. The van der Waals surface area contributed by atoms with Crippen molar-refractivity contribution >= 4 is 17.5 Å². The van der Waals surface area contributed by atoms with Crippen LogP contribution in [0.1, 0.15) is 106 Å². The van der Waals surface area contributed by atoms with E-state index in [9.17, 15) is 14.4 Å². The number of carbonyl (C=O) groups is 3. The number of carbonyl (C=O) groups excluding carboxylic acids is 3. The van der Waals surface area contributed by atoms with E-state index >= 15 is 0 Å². The number of methoxy groups -OCH3 is 1. The Morgan fingerprint density at radius 3 is 2.16 bits per heavy atom. The zero-order valence-electron chi connectivity index (χ0n) is 25.2. The van der Waals surface area contributed by atoms with E-state index in [0.29, 0.717) is 12.2 Å². The van der Waals surface area contributed by atoms with Gasteiger partial charge in [0.25, 0.3) is 5.97 Å². The number of esters is 1. The van der Waals surface area contributed by atoms with E-state index in [1.54, 1.807) is 0 Å². The van der Waals surface area contributed by atoms with Gasteiger partial charge in [-0.15, -0.1) is 5.41 Å². The molecule has 0 aromatic heterocycles. The number of Topliss-reactive ketones (excluding diaryl/α,β-unsaturated/α-hetero) is 1. The van der Waals surface area contributed by atoms with Crippen molar-refractivity contribution in [3.05, 3.63) is 23.5 Å². The van der Waals surface area contributed by atoms with Crippen molar-refractivity contribution in [1.29, 1.82) is 0 Å². The second-order valence-electron chi connectivity index (χ2n) is 14.4. The smallest absolute Gasteiger partial charge is 0.470 e. The van der Waals surface area contributed by atoms with Gasteiger partial charge in [-0.05, 0) is 16.9 Å². The average Bonchev–Trinajstić information content (AvgIpc) is 2.77. The van der Waals surface area contributed by atoms with E-state index in [0.717, 1.165) is 57.3 Å². The summed E-state index contributed by atoms with van der Waals surface area (Å²) in [5.41, 5.74) is -0.334. The summed E-state index contributed by atoms with van der Waals surface area (Å²) in [6, 6.07) is 0. The van der Waals surface area contributed by atoms with Crippen molar-refractivity contribution in [3.63, 3.8) is 0 Å². The molecule has 0 heterocycles. The van der Waals surface area contributed by atoms with E-state index in [-0.39, 0.29) is 77.1 Å². The quantitative estimate of drug-likeness (QED) is 0.305. The van der Waals surface area contributed by atoms with Crippen molar-refractivity contribution in [2.24, 2.45) is 38.4 Å². The van der Waals surface area contributed by atoms with Gasteiger partial charge in [0.05, 0.1) is 7.11 Å². The van der Waals surface area contributed by atoms with Crippen molar-refractivity contribution in [2.45, 2.75) is 106 Å². The normalized spacial score (nSPS) is 42.5. The van der Waals surface area contributed by atoms with E-state index in [2.05, 4.69) is 48.5 Å². The summed E-state index contributed by atoms with van der Waals surface area (Å²) in [5, 5.41) is 0. The zero-order valence-corrected chi connectivity index (χ0v) is 25.2. The molecule has 0 spiro atoms. The van der Waals surface area contributed by atoms with E-state index in [4.69, 9.17) is 4.74 Å². The molecule has 0 unspecified atom stereocenters. The fraction of sp³-hybridized carbons (Fsp3) is 0.774. The van der Waals surface area contributed by atoms with Crippen LogP contribution in [0.4, 0.5) is 0 Å². The molecule has 194 valence electrons. The molecular formula is C31H44Li2O4. The number of hydrogen-bond donors (Lipinski definition) is 0. The molecule has 0 aromatic rings. The Morgan fingerprint density at radius 2 is 1.54 bits per heavy atom. The first-order valence-corrected chi connectivity index (χ1v) is 13.7. The molecular weight excluding hydrogens is 450 g/mol.